The summed E-state index contributed by atoms with van der Waals surface area (Å²) in [4.78, 5) is 0. The van der Waals surface area contributed by atoms with Crippen LogP contribution in [0, 0.1) is 5.92 Å². The lowest BCUT2D eigenvalue weighted by atomic mass is 9.96. The van der Waals surface area contributed by atoms with Gasteiger partial charge in [-0.1, -0.05) is 6.42 Å². The molecule has 0 bridgehead atoms. The molecule has 0 aromatic rings. The summed E-state index contributed by atoms with van der Waals surface area (Å²) in [6.45, 7) is 0.935. The lowest BCUT2D eigenvalue weighted by molar-refractivity contribution is 0.230. The van der Waals surface area contributed by atoms with Crippen molar-refractivity contribution in [2.45, 2.75) is 44.9 Å². The summed E-state index contributed by atoms with van der Waals surface area (Å²) in [5.41, 5.74) is 1.54. The maximum Gasteiger partial charge on any atom is 0.0873 e. The van der Waals surface area contributed by atoms with Gasteiger partial charge in [0.1, 0.15) is 0 Å². The molecule has 0 N–H and O–H groups in total. The van der Waals surface area contributed by atoms with Crippen molar-refractivity contribution >= 4 is 11.8 Å². The van der Waals surface area contributed by atoms with Gasteiger partial charge < -0.3 is 4.74 Å². The highest BCUT2D eigenvalue weighted by Crippen LogP contribution is 2.28. The second-order valence-electron chi connectivity index (χ2n) is 4.75. The summed E-state index contributed by atoms with van der Waals surface area (Å²) >= 11 is 2.08. The lowest BCUT2D eigenvalue weighted by Gasteiger charge is -2.24. The Morgan fingerprint density at radius 3 is 2.67 bits per heavy atom. The number of hydrogen-bond donors (Lipinski definition) is 0. The van der Waals surface area contributed by atoms with Crippen LogP contribution in [0.1, 0.15) is 44.9 Å². The second-order valence-corrected chi connectivity index (χ2v) is 5.83. The zero-order valence-electron chi connectivity index (χ0n) is 9.54. The third-order valence-corrected chi connectivity index (χ3v) is 4.74. The molecule has 2 fully saturated rings. The molecule has 86 valence electrons. The Bertz CT molecular complexity index is 201. The highest BCUT2D eigenvalue weighted by Gasteiger charge is 2.16. The molecule has 0 aromatic heterocycles. The Balaban J connectivity index is 1.49. The minimum atomic E-state index is 0.935. The molecule has 0 unspecified atom stereocenters. The van der Waals surface area contributed by atoms with Gasteiger partial charge in [-0.3, -0.25) is 0 Å². The van der Waals surface area contributed by atoms with Gasteiger partial charge in [0, 0.05) is 0 Å². The smallest absolute Gasteiger partial charge is 0.0873 e. The van der Waals surface area contributed by atoms with Gasteiger partial charge in [-0.05, 0) is 61.5 Å². The first-order chi connectivity index (χ1) is 7.45. The van der Waals surface area contributed by atoms with Crippen LogP contribution in [0.15, 0.2) is 11.8 Å². The predicted molar refractivity (Wildman–Crippen MR) is 67.2 cm³/mol. The molecule has 1 nitrogen and oxygen atoms in total. The monoisotopic (exact) mass is 226 g/mol. The first kappa shape index (κ1) is 11.4. The van der Waals surface area contributed by atoms with Crippen molar-refractivity contribution < 1.29 is 4.74 Å². The minimum Gasteiger partial charge on any atom is -0.501 e. The summed E-state index contributed by atoms with van der Waals surface area (Å²) in [6.07, 6.45) is 11.4. The lowest BCUT2D eigenvalue weighted by Crippen LogP contribution is -2.17. The Morgan fingerprint density at radius 1 is 1.20 bits per heavy atom. The number of rotatable bonds is 5. The summed E-state index contributed by atoms with van der Waals surface area (Å²) in [5.74, 6) is 3.78. The molecule has 15 heavy (non-hydrogen) atoms. The van der Waals surface area contributed by atoms with E-state index in [0.29, 0.717) is 0 Å². The van der Waals surface area contributed by atoms with Crippen molar-refractivity contribution in [3.63, 3.8) is 0 Å². The molecule has 0 radical (unpaired) electrons. The normalized spacial score (nSPS) is 22.3. The Hall–Kier alpha value is -0.110. The first-order valence-corrected chi connectivity index (χ1v) is 7.48. The van der Waals surface area contributed by atoms with Crippen LogP contribution in [-0.2, 0) is 4.74 Å². The Morgan fingerprint density at radius 2 is 2.00 bits per heavy atom. The van der Waals surface area contributed by atoms with Crippen LogP contribution < -0.4 is 0 Å². The molecule has 1 saturated heterocycles. The van der Waals surface area contributed by atoms with E-state index >= 15 is 0 Å². The van der Waals surface area contributed by atoms with Crippen molar-refractivity contribution in [1.82, 2.24) is 0 Å². The number of thioether (sulfide) groups is 1. The van der Waals surface area contributed by atoms with Crippen LogP contribution >= 0.6 is 11.8 Å². The summed E-state index contributed by atoms with van der Waals surface area (Å²) in [7, 11) is 0. The van der Waals surface area contributed by atoms with E-state index in [2.05, 4.69) is 18.0 Å². The SMILES string of the molecule is C(OCCCC1CSC1)=C1CCCCC1. The van der Waals surface area contributed by atoms with Gasteiger partial charge in [-0.15, -0.1) is 0 Å². The van der Waals surface area contributed by atoms with Crippen LogP contribution in [-0.4, -0.2) is 18.1 Å². The molecule has 1 aliphatic carbocycles. The molecule has 1 heterocycles. The Labute approximate surface area is 97.7 Å². The fraction of sp³-hybridized carbons (Fsp3) is 0.846. The number of ether oxygens (including phenoxy) is 1. The van der Waals surface area contributed by atoms with Crippen molar-refractivity contribution in [3.8, 4) is 0 Å². The maximum atomic E-state index is 5.62. The minimum absolute atomic E-state index is 0.935. The fourth-order valence-corrected chi connectivity index (χ4v) is 3.11. The van der Waals surface area contributed by atoms with Crippen LogP contribution in [0.2, 0.25) is 0 Å². The molecular formula is C13H22OS. The first-order valence-electron chi connectivity index (χ1n) is 6.32. The molecule has 0 atom stereocenters. The van der Waals surface area contributed by atoms with Crippen molar-refractivity contribution in [1.29, 1.82) is 0 Å². The van der Waals surface area contributed by atoms with E-state index in [9.17, 15) is 0 Å². The van der Waals surface area contributed by atoms with Crippen LogP contribution in [0.4, 0.5) is 0 Å². The zero-order chi connectivity index (χ0) is 10.3. The molecule has 0 spiro atoms. The van der Waals surface area contributed by atoms with Gasteiger partial charge in [0.05, 0.1) is 12.9 Å². The van der Waals surface area contributed by atoms with Gasteiger partial charge >= 0.3 is 0 Å². The van der Waals surface area contributed by atoms with E-state index in [1.54, 1.807) is 5.57 Å². The van der Waals surface area contributed by atoms with Gasteiger partial charge in [0.15, 0.2) is 0 Å². The highest BCUT2D eigenvalue weighted by molar-refractivity contribution is 8.00. The zero-order valence-corrected chi connectivity index (χ0v) is 10.4. The van der Waals surface area contributed by atoms with E-state index in [-0.39, 0.29) is 0 Å². The predicted octanol–water partition coefficient (Wildman–Crippen LogP) is 3.99. The average molecular weight is 226 g/mol. The van der Waals surface area contributed by atoms with Gasteiger partial charge in [-0.25, -0.2) is 0 Å². The third-order valence-electron chi connectivity index (χ3n) is 3.33. The average Bonchev–Trinajstić information content (AvgIpc) is 2.22. The summed E-state index contributed by atoms with van der Waals surface area (Å²) in [5, 5.41) is 0. The quantitative estimate of drug-likeness (QED) is 0.518. The topological polar surface area (TPSA) is 9.23 Å². The second kappa shape index (κ2) is 6.47. The van der Waals surface area contributed by atoms with E-state index in [4.69, 9.17) is 4.74 Å². The molecule has 0 aromatic carbocycles. The van der Waals surface area contributed by atoms with Crippen molar-refractivity contribution in [2.75, 3.05) is 18.1 Å². The third kappa shape index (κ3) is 4.10. The highest BCUT2D eigenvalue weighted by atomic mass is 32.2. The van der Waals surface area contributed by atoms with E-state index < -0.39 is 0 Å². The van der Waals surface area contributed by atoms with E-state index in [1.807, 2.05) is 0 Å². The summed E-state index contributed by atoms with van der Waals surface area (Å²) in [6, 6.07) is 0. The summed E-state index contributed by atoms with van der Waals surface area (Å²) < 4.78 is 5.62. The standard InChI is InChI=1S/C13H22OS/c1-2-5-12(6-3-1)9-14-8-4-7-13-10-15-11-13/h9,13H,1-8,10-11H2. The van der Waals surface area contributed by atoms with Crippen molar-refractivity contribution in [3.05, 3.63) is 11.8 Å². The number of hydrogen-bond acceptors (Lipinski definition) is 2. The molecular weight excluding hydrogens is 204 g/mol. The van der Waals surface area contributed by atoms with Crippen LogP contribution in [0.5, 0.6) is 0 Å². The van der Waals surface area contributed by atoms with E-state index in [1.165, 1.54) is 56.5 Å². The molecule has 0 amide bonds. The van der Waals surface area contributed by atoms with Gasteiger partial charge in [-0.2, -0.15) is 11.8 Å². The fourth-order valence-electron chi connectivity index (χ4n) is 2.21. The van der Waals surface area contributed by atoms with Gasteiger partial charge in [0.25, 0.3) is 0 Å². The van der Waals surface area contributed by atoms with Crippen molar-refractivity contribution in [2.24, 2.45) is 5.92 Å². The molecule has 2 aliphatic rings. The van der Waals surface area contributed by atoms with E-state index in [0.717, 1.165) is 12.5 Å². The maximum absolute atomic E-state index is 5.62. The Kier molecular flexibility index (Phi) is 4.91. The van der Waals surface area contributed by atoms with Crippen LogP contribution in [0.25, 0.3) is 0 Å². The molecule has 2 rings (SSSR count). The largest absolute Gasteiger partial charge is 0.501 e. The van der Waals surface area contributed by atoms with Gasteiger partial charge in [0.2, 0.25) is 0 Å². The molecule has 1 aliphatic heterocycles. The molecule has 1 saturated carbocycles. The van der Waals surface area contributed by atoms with Crippen LogP contribution in [0.3, 0.4) is 0 Å². The number of allylic oxidation sites excluding steroid dienone is 1. The molecule has 2 heteroatoms.